The molecule has 1 saturated heterocycles. The first-order valence-electron chi connectivity index (χ1n) is 7.21. The van der Waals surface area contributed by atoms with Gasteiger partial charge in [-0.1, -0.05) is 6.08 Å². The van der Waals surface area contributed by atoms with Crippen molar-refractivity contribution in [3.8, 4) is 5.75 Å². The zero-order valence-electron chi connectivity index (χ0n) is 12.7. The van der Waals surface area contributed by atoms with Gasteiger partial charge in [0.2, 0.25) is 0 Å². The zero-order valence-corrected chi connectivity index (χ0v) is 12.7. The van der Waals surface area contributed by atoms with E-state index in [2.05, 4.69) is 0 Å². The van der Waals surface area contributed by atoms with E-state index in [4.69, 9.17) is 15.3 Å². The van der Waals surface area contributed by atoms with Crippen LogP contribution in [0.25, 0.3) is 0 Å². The first kappa shape index (κ1) is 13.9. The number of fused-ring (bicyclic) bond motifs is 2. The molecule has 8 heteroatoms. The summed E-state index contributed by atoms with van der Waals surface area (Å²) in [6.45, 7) is 4.41. The highest BCUT2D eigenvalue weighted by Crippen LogP contribution is 2.51. The molecule has 0 amide bonds. The maximum absolute atomic E-state index is 11.2. The molecule has 1 aromatic rings. The fourth-order valence-electron chi connectivity index (χ4n) is 3.04. The fourth-order valence-corrected chi connectivity index (χ4v) is 3.04. The lowest BCUT2D eigenvalue weighted by molar-refractivity contribution is -0.383. The van der Waals surface area contributed by atoms with Crippen LogP contribution in [0.3, 0.4) is 0 Å². The Morgan fingerprint density at radius 1 is 1.35 bits per heavy atom. The van der Waals surface area contributed by atoms with Crippen LogP contribution in [0.2, 0.25) is 0 Å². The summed E-state index contributed by atoms with van der Waals surface area (Å²) in [5.74, 6) is -0.244. The summed E-state index contributed by atoms with van der Waals surface area (Å²) in [6, 6.07) is 2.95. The van der Waals surface area contributed by atoms with E-state index in [1.807, 2.05) is 43.2 Å². The Balaban J connectivity index is 1.86. The van der Waals surface area contributed by atoms with Gasteiger partial charge in [0, 0.05) is 18.3 Å². The molecule has 0 saturated carbocycles. The summed E-state index contributed by atoms with van der Waals surface area (Å²) < 4.78 is 5.96. The number of anilines is 2. The van der Waals surface area contributed by atoms with Crippen molar-refractivity contribution in [3.63, 3.8) is 0 Å². The summed E-state index contributed by atoms with van der Waals surface area (Å²) >= 11 is 0. The molecule has 0 spiro atoms. The summed E-state index contributed by atoms with van der Waals surface area (Å²) in [5, 5.41) is 12.9. The van der Waals surface area contributed by atoms with E-state index in [0.29, 0.717) is 18.0 Å². The molecule has 0 bridgehead atoms. The van der Waals surface area contributed by atoms with Crippen molar-refractivity contribution in [2.45, 2.75) is 25.3 Å². The minimum Gasteiger partial charge on any atom is -0.484 e. The maximum atomic E-state index is 11.2. The predicted molar refractivity (Wildman–Crippen MR) is 83.5 cm³/mol. The molecule has 3 heterocycles. The quantitative estimate of drug-likeness (QED) is 0.386. The molecule has 1 aromatic carbocycles. The molecule has 120 valence electrons. The average molecular weight is 316 g/mol. The van der Waals surface area contributed by atoms with Crippen molar-refractivity contribution in [1.82, 2.24) is 5.06 Å². The van der Waals surface area contributed by atoms with Crippen LogP contribution in [0, 0.1) is 10.1 Å². The summed E-state index contributed by atoms with van der Waals surface area (Å²) in [7, 11) is 0. The van der Waals surface area contributed by atoms with Gasteiger partial charge in [0.05, 0.1) is 17.2 Å². The van der Waals surface area contributed by atoms with Gasteiger partial charge in [-0.25, -0.2) is 4.84 Å². The first-order valence-corrected chi connectivity index (χ1v) is 7.21. The smallest absolute Gasteiger partial charge is 0.294 e. The standard InChI is InChI=1S/C15H16N4O4/c1-14(2)9-17(15-5-3-4-6-18(15)23-15)12-8-11(19(20)21)10(16)7-13(12)22-14/h3-8H,9,16H2,1-2H3. The number of hydroxylamine groups is 2. The van der Waals surface area contributed by atoms with Crippen molar-refractivity contribution in [2.24, 2.45) is 0 Å². The van der Waals surface area contributed by atoms with Crippen molar-refractivity contribution in [3.05, 3.63) is 46.7 Å². The molecule has 2 N–H and O–H groups in total. The Kier molecular flexibility index (Phi) is 2.52. The number of nitrogens with zero attached hydrogens (tertiary/aromatic N) is 3. The van der Waals surface area contributed by atoms with E-state index in [1.165, 1.54) is 12.1 Å². The molecule has 3 aliphatic rings. The van der Waals surface area contributed by atoms with Crippen LogP contribution in [0.5, 0.6) is 5.75 Å². The van der Waals surface area contributed by atoms with Gasteiger partial charge in [0.25, 0.3) is 11.5 Å². The summed E-state index contributed by atoms with van der Waals surface area (Å²) in [5.41, 5.74) is 5.83. The van der Waals surface area contributed by atoms with E-state index < -0.39 is 16.4 Å². The van der Waals surface area contributed by atoms with Crippen molar-refractivity contribution in [1.29, 1.82) is 0 Å². The van der Waals surface area contributed by atoms with E-state index in [1.54, 1.807) is 5.06 Å². The molecule has 23 heavy (non-hydrogen) atoms. The van der Waals surface area contributed by atoms with Crippen LogP contribution in [-0.2, 0) is 4.84 Å². The number of hydrogen-bond donors (Lipinski definition) is 1. The number of benzene rings is 1. The van der Waals surface area contributed by atoms with E-state index >= 15 is 0 Å². The van der Waals surface area contributed by atoms with Crippen LogP contribution in [0.4, 0.5) is 17.1 Å². The molecule has 1 fully saturated rings. The highest BCUT2D eigenvalue weighted by molar-refractivity contribution is 5.75. The van der Waals surface area contributed by atoms with E-state index in [-0.39, 0.29) is 11.4 Å². The van der Waals surface area contributed by atoms with Crippen LogP contribution in [0.1, 0.15) is 13.8 Å². The number of nitrogens with two attached hydrogens (primary N) is 1. The van der Waals surface area contributed by atoms with Gasteiger partial charge < -0.3 is 15.4 Å². The van der Waals surface area contributed by atoms with Gasteiger partial charge in [0.15, 0.2) is 0 Å². The number of rotatable bonds is 2. The lowest BCUT2D eigenvalue weighted by atomic mass is 10.0. The normalized spacial score (nSPS) is 26.3. The van der Waals surface area contributed by atoms with Crippen molar-refractivity contribution >= 4 is 17.1 Å². The van der Waals surface area contributed by atoms with Gasteiger partial charge in [-0.15, -0.1) is 0 Å². The summed E-state index contributed by atoms with van der Waals surface area (Å²) in [6.07, 6.45) is 7.47. The van der Waals surface area contributed by atoms with Gasteiger partial charge in [-0.2, -0.15) is 5.06 Å². The minimum absolute atomic E-state index is 0.0801. The van der Waals surface area contributed by atoms with Crippen LogP contribution in [-0.4, -0.2) is 28.0 Å². The second-order valence-electron chi connectivity index (χ2n) is 6.36. The molecule has 8 nitrogen and oxygen atoms in total. The Hall–Kier alpha value is -2.74. The Morgan fingerprint density at radius 3 is 2.83 bits per heavy atom. The molecular formula is C15H16N4O4. The third-order valence-electron chi connectivity index (χ3n) is 4.07. The Labute approximate surface area is 132 Å². The molecule has 4 rings (SSSR count). The molecule has 3 aliphatic heterocycles. The molecule has 1 unspecified atom stereocenters. The second-order valence-corrected chi connectivity index (χ2v) is 6.36. The maximum Gasteiger partial charge on any atom is 0.294 e. The van der Waals surface area contributed by atoms with Crippen molar-refractivity contribution in [2.75, 3.05) is 17.2 Å². The highest BCUT2D eigenvalue weighted by Gasteiger charge is 2.60. The SMILES string of the molecule is CC1(C)CN(C23C=CC=CN2O3)c2cc([N+](=O)[O-])c(N)cc2O1. The molecule has 0 aromatic heterocycles. The number of nitrogen functional groups attached to an aromatic ring is 1. The Morgan fingerprint density at radius 2 is 2.13 bits per heavy atom. The molecule has 1 atom stereocenters. The van der Waals surface area contributed by atoms with Crippen LogP contribution >= 0.6 is 0 Å². The minimum atomic E-state index is -0.755. The third kappa shape index (κ3) is 1.95. The second kappa shape index (κ2) is 4.17. The molecule has 0 radical (unpaired) electrons. The van der Waals surface area contributed by atoms with Gasteiger partial charge >= 0.3 is 0 Å². The number of nitro benzene ring substituents is 1. The number of ether oxygens (including phenoxy) is 1. The lowest BCUT2D eigenvalue weighted by Gasteiger charge is -2.42. The van der Waals surface area contributed by atoms with Gasteiger partial charge in [-0.05, 0) is 26.0 Å². The predicted octanol–water partition coefficient (Wildman–Crippen LogP) is 2.14. The number of allylic oxidation sites excluding steroid dienone is 2. The number of hydrogen-bond acceptors (Lipinski definition) is 7. The largest absolute Gasteiger partial charge is 0.484 e. The molecule has 0 aliphatic carbocycles. The highest BCUT2D eigenvalue weighted by atomic mass is 16.9. The van der Waals surface area contributed by atoms with Crippen molar-refractivity contribution < 1.29 is 14.5 Å². The lowest BCUT2D eigenvalue weighted by Crippen LogP contribution is -2.53. The monoisotopic (exact) mass is 316 g/mol. The average Bonchev–Trinajstić information content (AvgIpc) is 3.20. The van der Waals surface area contributed by atoms with Gasteiger partial charge in [0.1, 0.15) is 17.0 Å². The van der Waals surface area contributed by atoms with E-state index in [9.17, 15) is 10.1 Å². The topological polar surface area (TPSA) is 97.2 Å². The van der Waals surface area contributed by atoms with Crippen LogP contribution < -0.4 is 15.4 Å². The zero-order chi connectivity index (χ0) is 16.4. The van der Waals surface area contributed by atoms with Gasteiger partial charge in [-0.3, -0.25) is 10.1 Å². The number of nitro groups is 1. The third-order valence-corrected chi connectivity index (χ3v) is 4.07. The van der Waals surface area contributed by atoms with Crippen LogP contribution in [0.15, 0.2) is 36.6 Å². The Bertz CT molecular complexity index is 773. The first-order chi connectivity index (χ1) is 10.8. The summed E-state index contributed by atoms with van der Waals surface area (Å²) in [4.78, 5) is 18.4. The van der Waals surface area contributed by atoms with E-state index in [0.717, 1.165) is 0 Å². The fraction of sp³-hybridized carbons (Fsp3) is 0.333. The molecular weight excluding hydrogens is 300 g/mol.